The molecule has 1 aliphatic carbocycles. The van der Waals surface area contributed by atoms with Gasteiger partial charge in [0.15, 0.2) is 5.78 Å². The van der Waals surface area contributed by atoms with Crippen molar-refractivity contribution in [3.8, 4) is 5.75 Å². The molecule has 0 radical (unpaired) electrons. The summed E-state index contributed by atoms with van der Waals surface area (Å²) in [7, 11) is 0. The zero-order valence-corrected chi connectivity index (χ0v) is 13.9. The second-order valence-corrected chi connectivity index (χ2v) is 6.79. The number of phenolic OH excluding ortho intramolecular Hbond substituents is 1. The molecule has 1 aromatic rings. The van der Waals surface area contributed by atoms with Crippen LogP contribution in [0.3, 0.4) is 0 Å². The average molecular weight is 362 g/mol. The zero-order valence-electron chi connectivity index (χ0n) is 13.1. The lowest BCUT2D eigenvalue weighted by molar-refractivity contribution is -0.136. The normalized spacial score (nSPS) is 29.3. The molecule has 1 fully saturated rings. The Morgan fingerprint density at radius 2 is 2.00 bits per heavy atom. The Morgan fingerprint density at radius 1 is 1.24 bits per heavy atom. The number of aromatic hydroxyl groups is 1. The number of phenols is 1. The fraction of sp³-hybridized carbons (Fsp3) is 0.294. The number of carbonyl (C=O) groups is 2. The maximum absolute atomic E-state index is 13.4. The summed E-state index contributed by atoms with van der Waals surface area (Å²) in [5, 5.41) is 21.7. The van der Waals surface area contributed by atoms with Crippen molar-refractivity contribution in [3.05, 3.63) is 47.9 Å². The standard InChI is InChI=1S/C17H16ClN3O4/c18-20-8-7-11-15(24)19-21(12-3-1-2-4-13(12)23)16(25)17(11)9-10(22)5-6-14(17)20/h1-6,14,19,23-24H,7-9H2. The monoisotopic (exact) mass is 361 g/mol. The molecule has 2 atom stereocenters. The number of aliphatic hydroxyl groups excluding tert-OH is 1. The number of hydrazine groups is 1. The molecule has 1 saturated heterocycles. The highest BCUT2D eigenvalue weighted by molar-refractivity contribution is 6.15. The number of nitrogens with one attached hydrogen (secondary N) is 1. The van der Waals surface area contributed by atoms with Crippen LogP contribution >= 0.6 is 11.8 Å². The molecule has 3 N–H and O–H groups in total. The van der Waals surface area contributed by atoms with Gasteiger partial charge >= 0.3 is 0 Å². The Labute approximate surface area is 148 Å². The third-order valence-electron chi connectivity index (χ3n) is 5.05. The summed E-state index contributed by atoms with van der Waals surface area (Å²) in [5.74, 6) is -0.944. The number of hydrogen-bond donors (Lipinski definition) is 3. The van der Waals surface area contributed by atoms with E-state index in [1.54, 1.807) is 24.3 Å². The lowest BCUT2D eigenvalue weighted by Crippen LogP contribution is -2.65. The molecule has 0 bridgehead atoms. The molecule has 2 heterocycles. The van der Waals surface area contributed by atoms with Gasteiger partial charge < -0.3 is 10.2 Å². The minimum Gasteiger partial charge on any atom is -0.506 e. The number of nitrogens with zero attached hydrogens (tertiary/aromatic N) is 2. The molecule has 4 rings (SSSR count). The first-order valence-electron chi connectivity index (χ1n) is 7.90. The van der Waals surface area contributed by atoms with E-state index in [0.717, 1.165) is 5.01 Å². The second-order valence-electron chi connectivity index (χ2n) is 6.36. The van der Waals surface area contributed by atoms with Crippen LogP contribution < -0.4 is 10.4 Å². The Hall–Kier alpha value is -2.51. The van der Waals surface area contributed by atoms with Crippen LogP contribution in [0.5, 0.6) is 5.75 Å². The van der Waals surface area contributed by atoms with E-state index in [1.807, 2.05) is 0 Å². The van der Waals surface area contributed by atoms with Crippen molar-refractivity contribution in [2.75, 3.05) is 11.6 Å². The molecular formula is C17H16ClN3O4. The van der Waals surface area contributed by atoms with E-state index in [-0.39, 0.29) is 29.5 Å². The molecule has 7 nitrogen and oxygen atoms in total. The number of benzene rings is 1. The summed E-state index contributed by atoms with van der Waals surface area (Å²) < 4.78 is 1.49. The van der Waals surface area contributed by atoms with Crippen LogP contribution in [0, 0.1) is 5.41 Å². The maximum atomic E-state index is 13.4. The molecule has 0 saturated carbocycles. The van der Waals surface area contributed by atoms with Crippen LogP contribution in [-0.2, 0) is 9.59 Å². The van der Waals surface area contributed by atoms with E-state index < -0.39 is 17.4 Å². The summed E-state index contributed by atoms with van der Waals surface area (Å²) >= 11 is 6.32. The van der Waals surface area contributed by atoms with Crippen molar-refractivity contribution < 1.29 is 19.8 Å². The van der Waals surface area contributed by atoms with Crippen molar-refractivity contribution in [3.63, 3.8) is 0 Å². The third-order valence-corrected chi connectivity index (χ3v) is 5.43. The van der Waals surface area contributed by atoms with Gasteiger partial charge in [-0.1, -0.05) is 18.2 Å². The summed E-state index contributed by atoms with van der Waals surface area (Å²) in [6, 6.07) is 5.72. The van der Waals surface area contributed by atoms with Crippen LogP contribution in [0.4, 0.5) is 5.69 Å². The number of hydrogen-bond acceptors (Lipinski definition) is 6. The Morgan fingerprint density at radius 3 is 2.76 bits per heavy atom. The maximum Gasteiger partial charge on any atom is 0.258 e. The Kier molecular flexibility index (Phi) is 3.52. The van der Waals surface area contributed by atoms with Gasteiger partial charge in [0.25, 0.3) is 5.91 Å². The predicted molar refractivity (Wildman–Crippen MR) is 90.5 cm³/mol. The van der Waals surface area contributed by atoms with E-state index in [4.69, 9.17) is 11.8 Å². The SMILES string of the molecule is O=C1C=CC2N(Cl)CCC3=C(O)NN(c4ccccc4O)C(=O)C32C1. The van der Waals surface area contributed by atoms with E-state index in [0.29, 0.717) is 18.5 Å². The first kappa shape index (κ1) is 16.0. The van der Waals surface area contributed by atoms with Crippen LogP contribution in [0.1, 0.15) is 12.8 Å². The quantitative estimate of drug-likeness (QED) is 0.660. The summed E-state index contributed by atoms with van der Waals surface area (Å²) in [5.41, 5.74) is 2.02. The van der Waals surface area contributed by atoms with E-state index >= 15 is 0 Å². The average Bonchev–Trinajstić information content (AvgIpc) is 2.58. The minimum absolute atomic E-state index is 0.0820. The number of carbonyl (C=O) groups excluding carboxylic acids is 2. The lowest BCUT2D eigenvalue weighted by Gasteiger charge is -2.51. The van der Waals surface area contributed by atoms with Crippen molar-refractivity contribution >= 4 is 29.2 Å². The van der Waals surface area contributed by atoms with Crippen LogP contribution in [0.2, 0.25) is 0 Å². The number of para-hydroxylation sites is 2. The smallest absolute Gasteiger partial charge is 0.258 e. The van der Waals surface area contributed by atoms with Gasteiger partial charge in [0.05, 0.1) is 6.04 Å². The van der Waals surface area contributed by atoms with E-state index in [9.17, 15) is 19.8 Å². The number of aliphatic hydroxyl groups is 1. The Bertz CT molecular complexity index is 837. The second kappa shape index (κ2) is 5.50. The van der Waals surface area contributed by atoms with E-state index in [2.05, 4.69) is 5.43 Å². The molecule has 1 aromatic carbocycles. The molecular weight excluding hydrogens is 346 g/mol. The minimum atomic E-state index is -1.29. The first-order valence-corrected chi connectivity index (χ1v) is 8.24. The molecule has 8 heteroatoms. The summed E-state index contributed by atoms with van der Waals surface area (Å²) in [4.78, 5) is 25.6. The summed E-state index contributed by atoms with van der Waals surface area (Å²) in [6.45, 7) is 0.442. The van der Waals surface area contributed by atoms with Gasteiger partial charge in [0, 0.05) is 18.5 Å². The van der Waals surface area contributed by atoms with Gasteiger partial charge in [-0.25, -0.2) is 9.43 Å². The number of ketones is 1. The highest BCUT2D eigenvalue weighted by Gasteiger charge is 2.59. The number of amides is 1. The number of anilines is 1. The highest BCUT2D eigenvalue weighted by atomic mass is 35.5. The lowest BCUT2D eigenvalue weighted by atomic mass is 9.63. The topological polar surface area (TPSA) is 93.1 Å². The van der Waals surface area contributed by atoms with Crippen molar-refractivity contribution in [2.24, 2.45) is 5.41 Å². The van der Waals surface area contributed by atoms with Gasteiger partial charge in [0.2, 0.25) is 5.88 Å². The molecule has 3 aliphatic rings. The molecule has 25 heavy (non-hydrogen) atoms. The van der Waals surface area contributed by atoms with Crippen molar-refractivity contribution in [2.45, 2.75) is 18.9 Å². The van der Waals surface area contributed by atoms with Gasteiger partial charge in [-0.3, -0.25) is 15.0 Å². The van der Waals surface area contributed by atoms with Crippen LogP contribution in [0.25, 0.3) is 0 Å². The first-order chi connectivity index (χ1) is 11.9. The van der Waals surface area contributed by atoms with Crippen molar-refractivity contribution in [1.29, 1.82) is 0 Å². The number of allylic oxidation sites excluding steroid dienone is 1. The molecule has 2 unspecified atom stereocenters. The molecule has 1 spiro atoms. The zero-order chi connectivity index (χ0) is 17.8. The largest absolute Gasteiger partial charge is 0.506 e. The number of piperidine rings is 1. The van der Waals surface area contributed by atoms with Gasteiger partial charge in [-0.15, -0.1) is 0 Å². The number of rotatable bonds is 1. The highest BCUT2D eigenvalue weighted by Crippen LogP contribution is 2.51. The molecule has 0 aromatic heterocycles. The number of halogens is 1. The third kappa shape index (κ3) is 2.16. The molecule has 130 valence electrons. The summed E-state index contributed by atoms with van der Waals surface area (Å²) in [6.07, 6.45) is 3.31. The predicted octanol–water partition coefficient (Wildman–Crippen LogP) is 1.76. The van der Waals surface area contributed by atoms with Gasteiger partial charge in [-0.2, -0.15) is 0 Å². The molecule has 1 amide bonds. The van der Waals surface area contributed by atoms with Crippen LogP contribution in [0.15, 0.2) is 47.9 Å². The van der Waals surface area contributed by atoms with E-state index in [1.165, 1.54) is 16.6 Å². The fourth-order valence-corrected chi connectivity index (χ4v) is 4.22. The van der Waals surface area contributed by atoms with Gasteiger partial charge in [0.1, 0.15) is 16.9 Å². The Balaban J connectivity index is 1.90. The van der Waals surface area contributed by atoms with Gasteiger partial charge in [-0.05, 0) is 36.4 Å². The fourth-order valence-electron chi connectivity index (χ4n) is 3.91. The van der Waals surface area contributed by atoms with Crippen molar-refractivity contribution in [1.82, 2.24) is 9.84 Å². The molecule has 2 aliphatic heterocycles. The van der Waals surface area contributed by atoms with Crippen LogP contribution in [-0.4, -0.2) is 38.9 Å².